The summed E-state index contributed by atoms with van der Waals surface area (Å²) in [6, 6.07) is 17.7. The van der Waals surface area contributed by atoms with E-state index in [1.807, 2.05) is 52.7 Å². The molecular formula is C29H35N5O3S. The molecular weight excluding hydrogens is 498 g/mol. The zero-order chi connectivity index (χ0) is 26.6. The van der Waals surface area contributed by atoms with Crippen LogP contribution in [0.1, 0.15) is 40.9 Å². The fraction of sp³-hybridized carbons (Fsp3) is 0.414. The summed E-state index contributed by atoms with van der Waals surface area (Å²) in [4.78, 5) is 32.3. The Balaban J connectivity index is 1.41. The average molecular weight is 534 g/mol. The Morgan fingerprint density at radius 1 is 1.03 bits per heavy atom. The first-order chi connectivity index (χ1) is 18.4. The lowest BCUT2D eigenvalue weighted by molar-refractivity contribution is -0.384. The van der Waals surface area contributed by atoms with Crippen molar-refractivity contribution >= 4 is 28.6 Å². The van der Waals surface area contributed by atoms with Crippen LogP contribution in [0.25, 0.3) is 11.1 Å². The van der Waals surface area contributed by atoms with Crippen LogP contribution in [-0.2, 0) is 6.54 Å². The van der Waals surface area contributed by atoms with Gasteiger partial charge in [-0.3, -0.25) is 14.9 Å². The monoisotopic (exact) mass is 533 g/mol. The van der Waals surface area contributed by atoms with Crippen LogP contribution in [-0.4, -0.2) is 65.9 Å². The molecule has 2 N–H and O–H groups in total. The summed E-state index contributed by atoms with van der Waals surface area (Å²) in [5, 5.41) is 14.0. The molecule has 9 heteroatoms. The van der Waals surface area contributed by atoms with Crippen LogP contribution in [0.5, 0.6) is 0 Å². The van der Waals surface area contributed by atoms with Crippen molar-refractivity contribution in [3.63, 3.8) is 0 Å². The van der Waals surface area contributed by atoms with E-state index in [2.05, 4.69) is 22.9 Å². The van der Waals surface area contributed by atoms with Crippen LogP contribution in [0.3, 0.4) is 0 Å². The third kappa shape index (κ3) is 5.90. The minimum Gasteiger partial charge on any atom is -0.363 e. The van der Waals surface area contributed by atoms with Crippen molar-refractivity contribution in [1.29, 1.82) is 0 Å². The molecule has 0 unspecified atom stereocenters. The van der Waals surface area contributed by atoms with Gasteiger partial charge in [-0.25, -0.2) is 0 Å². The van der Waals surface area contributed by atoms with Gasteiger partial charge in [0.2, 0.25) is 0 Å². The Hall–Kier alpha value is -3.27. The van der Waals surface area contributed by atoms with Crippen LogP contribution in [0.4, 0.5) is 11.4 Å². The molecule has 1 amide bonds. The number of hydrogen-bond acceptors (Lipinski definition) is 7. The highest BCUT2D eigenvalue weighted by atomic mass is 32.1. The molecule has 2 aromatic carbocycles. The molecule has 2 fully saturated rings. The molecule has 38 heavy (non-hydrogen) atoms. The van der Waals surface area contributed by atoms with Gasteiger partial charge in [0, 0.05) is 50.9 Å². The summed E-state index contributed by atoms with van der Waals surface area (Å²) in [6.07, 6.45) is 3.64. The SMILES string of the molecule is CN1CCN(c2ccc(-c3cccc(CN(C(=O)c4cccs4)C4CCC(N)CC4)c3)cc2[N+](=O)[O-])CC1. The summed E-state index contributed by atoms with van der Waals surface area (Å²) in [7, 11) is 2.07. The van der Waals surface area contributed by atoms with Gasteiger partial charge in [0.1, 0.15) is 5.69 Å². The molecule has 0 atom stereocenters. The van der Waals surface area contributed by atoms with Crippen molar-refractivity contribution in [2.24, 2.45) is 5.73 Å². The van der Waals surface area contributed by atoms with Crippen molar-refractivity contribution in [1.82, 2.24) is 9.80 Å². The molecule has 2 aliphatic rings. The second kappa shape index (κ2) is 11.6. The second-order valence-corrected chi connectivity index (χ2v) is 11.4. The number of nitro benzene ring substituents is 1. The van der Waals surface area contributed by atoms with Gasteiger partial charge in [-0.05, 0) is 73.0 Å². The van der Waals surface area contributed by atoms with Crippen LogP contribution in [0.2, 0.25) is 0 Å². The van der Waals surface area contributed by atoms with E-state index in [9.17, 15) is 14.9 Å². The van der Waals surface area contributed by atoms with Crippen molar-refractivity contribution < 1.29 is 9.72 Å². The predicted octanol–water partition coefficient (Wildman–Crippen LogP) is 4.99. The van der Waals surface area contributed by atoms with E-state index in [1.165, 1.54) is 11.3 Å². The molecule has 0 spiro atoms. The third-order valence-corrected chi connectivity index (χ3v) is 8.66. The van der Waals surface area contributed by atoms with Crippen molar-refractivity contribution in [2.75, 3.05) is 38.1 Å². The lowest BCUT2D eigenvalue weighted by atomic mass is 9.90. The van der Waals surface area contributed by atoms with E-state index in [1.54, 1.807) is 6.07 Å². The first kappa shape index (κ1) is 26.3. The normalized spacial score (nSPS) is 20.3. The van der Waals surface area contributed by atoms with Crippen molar-refractivity contribution in [3.05, 3.63) is 80.5 Å². The van der Waals surface area contributed by atoms with Gasteiger partial charge >= 0.3 is 0 Å². The van der Waals surface area contributed by atoms with Gasteiger partial charge in [0.05, 0.1) is 9.80 Å². The molecule has 200 valence electrons. The number of nitrogens with two attached hydrogens (primary N) is 1. The second-order valence-electron chi connectivity index (χ2n) is 10.4. The highest BCUT2D eigenvalue weighted by Gasteiger charge is 2.29. The third-order valence-electron chi connectivity index (χ3n) is 7.80. The Kier molecular flexibility index (Phi) is 8.06. The summed E-state index contributed by atoms with van der Waals surface area (Å²) in [5.41, 5.74) is 9.67. The number of nitro groups is 1. The highest BCUT2D eigenvalue weighted by Crippen LogP contribution is 2.34. The van der Waals surface area contributed by atoms with Gasteiger partial charge < -0.3 is 20.4 Å². The first-order valence-corrected chi connectivity index (χ1v) is 14.2. The van der Waals surface area contributed by atoms with Gasteiger partial charge in [-0.15, -0.1) is 11.3 Å². The lowest BCUT2D eigenvalue weighted by Crippen LogP contribution is -2.44. The molecule has 1 aromatic heterocycles. The number of amides is 1. The first-order valence-electron chi connectivity index (χ1n) is 13.3. The van der Waals surface area contributed by atoms with E-state index in [0.29, 0.717) is 12.2 Å². The molecule has 8 nitrogen and oxygen atoms in total. The predicted molar refractivity (Wildman–Crippen MR) is 153 cm³/mol. The zero-order valence-electron chi connectivity index (χ0n) is 21.8. The van der Waals surface area contributed by atoms with Crippen LogP contribution < -0.4 is 10.6 Å². The van der Waals surface area contributed by atoms with Crippen LogP contribution in [0.15, 0.2) is 60.0 Å². The molecule has 1 saturated heterocycles. The zero-order valence-corrected chi connectivity index (χ0v) is 22.6. The maximum atomic E-state index is 13.5. The maximum absolute atomic E-state index is 13.5. The maximum Gasteiger partial charge on any atom is 0.293 e. The number of carbonyl (C=O) groups excluding carboxylic acids is 1. The van der Waals surface area contributed by atoms with E-state index in [4.69, 9.17) is 5.73 Å². The standard InChI is InChI=1S/C29H35N5O3S/c1-31-13-15-32(16-14-31)26-12-7-23(19-27(26)34(36)37)22-5-2-4-21(18-22)20-33(25-10-8-24(30)9-11-25)29(35)28-6-3-17-38-28/h2-7,12,17-19,24-25H,8-11,13-16,20,30H2,1H3. The fourth-order valence-electron chi connectivity index (χ4n) is 5.53. The van der Waals surface area contributed by atoms with Gasteiger partial charge in [-0.2, -0.15) is 0 Å². The van der Waals surface area contributed by atoms with Crippen molar-refractivity contribution in [3.8, 4) is 11.1 Å². The number of nitrogens with zero attached hydrogens (tertiary/aromatic N) is 4. The quantitative estimate of drug-likeness (QED) is 0.340. The molecule has 3 aromatic rings. The summed E-state index contributed by atoms with van der Waals surface area (Å²) >= 11 is 1.47. The molecule has 1 aliphatic heterocycles. The van der Waals surface area contributed by atoms with E-state index >= 15 is 0 Å². The van der Waals surface area contributed by atoms with Gasteiger partial charge in [-0.1, -0.05) is 30.3 Å². The lowest BCUT2D eigenvalue weighted by Gasteiger charge is -2.36. The molecule has 0 bridgehead atoms. The number of thiophene rings is 1. The summed E-state index contributed by atoms with van der Waals surface area (Å²) in [5.74, 6) is 0.0537. The largest absolute Gasteiger partial charge is 0.363 e. The number of benzene rings is 2. The number of anilines is 1. The fourth-order valence-corrected chi connectivity index (χ4v) is 6.21. The Morgan fingerprint density at radius 3 is 2.45 bits per heavy atom. The number of likely N-dealkylation sites (N-methyl/N-ethyl adjacent to an activating group) is 1. The Labute approximate surface area is 227 Å². The van der Waals surface area contributed by atoms with Gasteiger partial charge in [0.25, 0.3) is 11.6 Å². The Bertz CT molecular complexity index is 1260. The minimum atomic E-state index is -0.282. The average Bonchev–Trinajstić information content (AvgIpc) is 3.48. The molecule has 0 radical (unpaired) electrons. The molecule has 5 rings (SSSR count). The number of hydrogen-bond donors (Lipinski definition) is 1. The summed E-state index contributed by atoms with van der Waals surface area (Å²) in [6.45, 7) is 3.80. The topological polar surface area (TPSA) is 96.0 Å². The number of carbonyl (C=O) groups is 1. The summed E-state index contributed by atoms with van der Waals surface area (Å²) < 4.78 is 0. The molecule has 2 heterocycles. The van der Waals surface area contributed by atoms with Crippen LogP contribution >= 0.6 is 11.3 Å². The highest BCUT2D eigenvalue weighted by molar-refractivity contribution is 7.12. The molecule has 1 aliphatic carbocycles. The number of rotatable bonds is 7. The van der Waals surface area contributed by atoms with E-state index in [0.717, 1.165) is 73.4 Å². The smallest absolute Gasteiger partial charge is 0.293 e. The Morgan fingerprint density at radius 2 is 1.76 bits per heavy atom. The van der Waals surface area contributed by atoms with E-state index < -0.39 is 0 Å². The minimum absolute atomic E-state index is 0.0537. The van der Waals surface area contributed by atoms with Gasteiger partial charge in [0.15, 0.2) is 0 Å². The number of piperazine rings is 1. The molecule has 1 saturated carbocycles. The van der Waals surface area contributed by atoms with E-state index in [-0.39, 0.29) is 28.6 Å². The van der Waals surface area contributed by atoms with Crippen molar-refractivity contribution in [2.45, 2.75) is 44.3 Å². The van der Waals surface area contributed by atoms with Crippen LogP contribution in [0, 0.1) is 10.1 Å².